The molecule has 0 saturated heterocycles. The van der Waals surface area contributed by atoms with Crippen molar-refractivity contribution in [2.75, 3.05) is 6.54 Å². The van der Waals surface area contributed by atoms with Crippen molar-refractivity contribution < 1.29 is 14.7 Å². The smallest absolute Gasteiger partial charge is 0.315 e. The molecule has 5 nitrogen and oxygen atoms in total. The summed E-state index contributed by atoms with van der Waals surface area (Å²) in [6.45, 7) is 7.93. The number of nitrogens with one attached hydrogen (secondary N) is 2. The van der Waals surface area contributed by atoms with Crippen molar-refractivity contribution in [2.24, 2.45) is 5.92 Å². The fourth-order valence-corrected chi connectivity index (χ4v) is 1.26. The molecule has 2 atom stereocenters. The first-order valence-electron chi connectivity index (χ1n) is 5.84. The summed E-state index contributed by atoms with van der Waals surface area (Å²) in [5.41, 5.74) is 0. The first-order valence-corrected chi connectivity index (χ1v) is 5.84. The largest absolute Gasteiger partial charge is 0.481 e. The summed E-state index contributed by atoms with van der Waals surface area (Å²) in [6.07, 6.45) is 3.25. The standard InChI is InChI=1S/C12H22N2O3/c1-4-10(3)14-12(17)13-8-7-9(2)5-6-11(15)16/h4,9-10H,1,5-8H2,2-3H3,(H,15,16)(H2,13,14,17). The van der Waals surface area contributed by atoms with E-state index in [1.807, 2.05) is 13.8 Å². The summed E-state index contributed by atoms with van der Waals surface area (Å²) in [5.74, 6) is -0.481. The molecule has 0 bridgehead atoms. The van der Waals surface area contributed by atoms with Crippen LogP contribution >= 0.6 is 0 Å². The lowest BCUT2D eigenvalue weighted by atomic mass is 10.0. The molecule has 0 radical (unpaired) electrons. The molecule has 0 aromatic heterocycles. The number of hydrogen-bond donors (Lipinski definition) is 3. The van der Waals surface area contributed by atoms with E-state index in [9.17, 15) is 9.59 Å². The summed E-state index contributed by atoms with van der Waals surface area (Å²) in [5, 5.41) is 13.9. The van der Waals surface area contributed by atoms with Crippen LogP contribution in [0.3, 0.4) is 0 Å². The second-order valence-electron chi connectivity index (χ2n) is 4.25. The summed E-state index contributed by atoms with van der Waals surface area (Å²) >= 11 is 0. The van der Waals surface area contributed by atoms with Crippen LogP contribution in [0, 0.1) is 5.92 Å². The van der Waals surface area contributed by atoms with E-state index in [2.05, 4.69) is 17.2 Å². The van der Waals surface area contributed by atoms with E-state index >= 15 is 0 Å². The van der Waals surface area contributed by atoms with Gasteiger partial charge in [0.2, 0.25) is 0 Å². The summed E-state index contributed by atoms with van der Waals surface area (Å²) in [7, 11) is 0. The summed E-state index contributed by atoms with van der Waals surface area (Å²) < 4.78 is 0. The number of carbonyl (C=O) groups is 2. The number of hydrogen-bond acceptors (Lipinski definition) is 2. The molecular weight excluding hydrogens is 220 g/mol. The minimum Gasteiger partial charge on any atom is -0.481 e. The van der Waals surface area contributed by atoms with Gasteiger partial charge < -0.3 is 15.7 Å². The maximum absolute atomic E-state index is 11.3. The third-order valence-electron chi connectivity index (χ3n) is 2.49. The van der Waals surface area contributed by atoms with Crippen molar-refractivity contribution in [1.82, 2.24) is 10.6 Å². The maximum Gasteiger partial charge on any atom is 0.315 e. The molecule has 2 amide bonds. The zero-order chi connectivity index (χ0) is 13.3. The van der Waals surface area contributed by atoms with Gasteiger partial charge in [0.1, 0.15) is 0 Å². The Bertz CT molecular complexity index is 266. The molecule has 3 N–H and O–H groups in total. The minimum atomic E-state index is -0.776. The van der Waals surface area contributed by atoms with E-state index in [1.165, 1.54) is 0 Å². The number of carbonyl (C=O) groups excluding carboxylic acids is 1. The van der Waals surface area contributed by atoms with E-state index in [4.69, 9.17) is 5.11 Å². The summed E-state index contributed by atoms with van der Waals surface area (Å²) in [4.78, 5) is 21.6. The van der Waals surface area contributed by atoms with Crippen LogP contribution in [-0.4, -0.2) is 29.7 Å². The van der Waals surface area contributed by atoms with E-state index in [0.29, 0.717) is 18.9 Å². The van der Waals surface area contributed by atoms with Gasteiger partial charge >= 0.3 is 12.0 Å². The Hall–Kier alpha value is -1.52. The highest BCUT2D eigenvalue weighted by molar-refractivity contribution is 5.74. The highest BCUT2D eigenvalue weighted by Gasteiger charge is 2.07. The molecular formula is C12H22N2O3. The third kappa shape index (κ3) is 9.41. The zero-order valence-corrected chi connectivity index (χ0v) is 10.5. The van der Waals surface area contributed by atoms with E-state index in [-0.39, 0.29) is 18.5 Å². The molecule has 0 heterocycles. The number of rotatable bonds is 8. The Kier molecular flexibility index (Phi) is 7.84. The second kappa shape index (κ2) is 8.61. The predicted molar refractivity (Wildman–Crippen MR) is 66.8 cm³/mol. The van der Waals surface area contributed by atoms with Crippen LogP contribution in [0.4, 0.5) is 4.79 Å². The van der Waals surface area contributed by atoms with E-state index in [0.717, 1.165) is 6.42 Å². The number of amides is 2. The molecule has 0 aliphatic carbocycles. The highest BCUT2D eigenvalue weighted by atomic mass is 16.4. The lowest BCUT2D eigenvalue weighted by molar-refractivity contribution is -0.137. The minimum absolute atomic E-state index is 0.0561. The van der Waals surface area contributed by atoms with Gasteiger partial charge in [-0.15, -0.1) is 6.58 Å². The molecule has 0 rings (SSSR count). The van der Waals surface area contributed by atoms with Gasteiger partial charge in [-0.2, -0.15) is 0 Å². The highest BCUT2D eigenvalue weighted by Crippen LogP contribution is 2.08. The van der Waals surface area contributed by atoms with Gasteiger partial charge in [-0.3, -0.25) is 4.79 Å². The monoisotopic (exact) mass is 242 g/mol. The van der Waals surface area contributed by atoms with Gasteiger partial charge in [-0.1, -0.05) is 13.0 Å². The molecule has 5 heteroatoms. The Morgan fingerprint density at radius 1 is 1.35 bits per heavy atom. The van der Waals surface area contributed by atoms with Gasteiger partial charge in [0.05, 0.1) is 0 Å². The van der Waals surface area contributed by atoms with Crippen molar-refractivity contribution in [3.05, 3.63) is 12.7 Å². The average molecular weight is 242 g/mol. The van der Waals surface area contributed by atoms with E-state index in [1.54, 1.807) is 6.08 Å². The van der Waals surface area contributed by atoms with Crippen molar-refractivity contribution in [3.63, 3.8) is 0 Å². The van der Waals surface area contributed by atoms with Gasteiger partial charge in [0.25, 0.3) is 0 Å². The Morgan fingerprint density at radius 2 is 2.00 bits per heavy atom. The number of urea groups is 1. The molecule has 17 heavy (non-hydrogen) atoms. The van der Waals surface area contributed by atoms with Crippen LogP contribution in [0.25, 0.3) is 0 Å². The molecule has 0 aromatic rings. The second-order valence-corrected chi connectivity index (χ2v) is 4.25. The Labute approximate surface area is 102 Å². The molecule has 2 unspecified atom stereocenters. The Balaban J connectivity index is 3.58. The van der Waals surface area contributed by atoms with Gasteiger partial charge in [-0.25, -0.2) is 4.79 Å². The van der Waals surface area contributed by atoms with Crippen LogP contribution in [0.5, 0.6) is 0 Å². The number of aliphatic carboxylic acids is 1. The molecule has 0 saturated carbocycles. The van der Waals surface area contributed by atoms with Crippen LogP contribution in [-0.2, 0) is 4.79 Å². The van der Waals surface area contributed by atoms with Crippen LogP contribution in [0.15, 0.2) is 12.7 Å². The lowest BCUT2D eigenvalue weighted by Crippen LogP contribution is -2.40. The predicted octanol–water partition coefficient (Wildman–Crippen LogP) is 1.75. The first-order chi connectivity index (χ1) is 7.95. The van der Waals surface area contributed by atoms with Crippen LogP contribution < -0.4 is 10.6 Å². The number of carboxylic acid groups (broad SMARTS) is 1. The fourth-order valence-electron chi connectivity index (χ4n) is 1.26. The molecule has 0 aliphatic heterocycles. The lowest BCUT2D eigenvalue weighted by Gasteiger charge is -2.13. The zero-order valence-electron chi connectivity index (χ0n) is 10.5. The van der Waals surface area contributed by atoms with Crippen LogP contribution in [0.2, 0.25) is 0 Å². The molecule has 0 aromatic carbocycles. The average Bonchev–Trinajstić information content (AvgIpc) is 2.26. The molecule has 0 fully saturated rings. The van der Waals surface area contributed by atoms with Gasteiger partial charge in [-0.05, 0) is 25.7 Å². The van der Waals surface area contributed by atoms with Crippen molar-refractivity contribution in [2.45, 2.75) is 39.2 Å². The Morgan fingerprint density at radius 3 is 2.53 bits per heavy atom. The molecule has 98 valence electrons. The normalized spacial score (nSPS) is 13.5. The van der Waals surface area contributed by atoms with Crippen LogP contribution in [0.1, 0.15) is 33.1 Å². The van der Waals surface area contributed by atoms with Crippen molar-refractivity contribution >= 4 is 12.0 Å². The fraction of sp³-hybridized carbons (Fsp3) is 0.667. The topological polar surface area (TPSA) is 78.4 Å². The quantitative estimate of drug-likeness (QED) is 0.567. The van der Waals surface area contributed by atoms with Crippen molar-refractivity contribution in [3.8, 4) is 0 Å². The first kappa shape index (κ1) is 15.5. The summed E-state index contributed by atoms with van der Waals surface area (Å²) in [6, 6.07) is -0.276. The maximum atomic E-state index is 11.3. The SMILES string of the molecule is C=CC(C)NC(=O)NCCC(C)CCC(=O)O. The van der Waals surface area contributed by atoms with Gasteiger partial charge in [0, 0.05) is 19.0 Å². The molecule has 0 aliphatic rings. The number of carboxylic acids is 1. The molecule has 0 spiro atoms. The van der Waals surface area contributed by atoms with Gasteiger partial charge in [0.15, 0.2) is 0 Å². The van der Waals surface area contributed by atoms with Crippen molar-refractivity contribution in [1.29, 1.82) is 0 Å². The third-order valence-corrected chi connectivity index (χ3v) is 2.49. The van der Waals surface area contributed by atoms with E-state index < -0.39 is 5.97 Å².